The predicted molar refractivity (Wildman–Crippen MR) is 111 cm³/mol. The van der Waals surface area contributed by atoms with Crippen LogP contribution in [0, 0.1) is 5.92 Å². The summed E-state index contributed by atoms with van der Waals surface area (Å²) in [6.07, 6.45) is 0.536. The Balaban J connectivity index is 2.14. The molecule has 0 saturated heterocycles. The standard InChI is InChI=1S/C23H30N2O3/c1-4-21(23(27)24-15-18(2)3)25(16-19-11-7-5-8-12-19)22(26)17-28-20-13-9-6-10-14-20/h5-14,18,21H,4,15-17H2,1-3H3,(H,24,27)/t21-/m1/s1. The van der Waals surface area contributed by atoms with E-state index in [1.54, 1.807) is 4.90 Å². The van der Waals surface area contributed by atoms with Crippen LogP contribution in [0.4, 0.5) is 0 Å². The van der Waals surface area contributed by atoms with Crippen LogP contribution in [-0.2, 0) is 16.1 Å². The van der Waals surface area contributed by atoms with E-state index in [9.17, 15) is 9.59 Å². The fraction of sp³-hybridized carbons (Fsp3) is 0.391. The Bertz CT molecular complexity index is 732. The summed E-state index contributed by atoms with van der Waals surface area (Å²) in [7, 11) is 0. The summed E-state index contributed by atoms with van der Waals surface area (Å²) in [6.45, 7) is 6.85. The second-order valence-corrected chi connectivity index (χ2v) is 7.17. The zero-order chi connectivity index (χ0) is 20.4. The molecule has 0 aliphatic carbocycles. The Labute approximate surface area is 167 Å². The van der Waals surface area contributed by atoms with Crippen molar-refractivity contribution in [3.05, 3.63) is 66.2 Å². The van der Waals surface area contributed by atoms with Crippen molar-refractivity contribution in [1.29, 1.82) is 0 Å². The van der Waals surface area contributed by atoms with Gasteiger partial charge in [-0.15, -0.1) is 0 Å². The molecule has 0 spiro atoms. The fourth-order valence-corrected chi connectivity index (χ4v) is 2.87. The summed E-state index contributed by atoms with van der Waals surface area (Å²) in [5.74, 6) is 0.647. The summed E-state index contributed by atoms with van der Waals surface area (Å²) in [6, 6.07) is 18.4. The van der Waals surface area contributed by atoms with Gasteiger partial charge in [0.05, 0.1) is 0 Å². The number of ether oxygens (including phenoxy) is 1. The lowest BCUT2D eigenvalue weighted by atomic mass is 10.1. The Kier molecular flexibility index (Phi) is 8.53. The van der Waals surface area contributed by atoms with Crippen LogP contribution in [0.3, 0.4) is 0 Å². The maximum absolute atomic E-state index is 13.0. The number of amides is 2. The van der Waals surface area contributed by atoms with Crippen molar-refractivity contribution in [3.63, 3.8) is 0 Å². The van der Waals surface area contributed by atoms with Crippen molar-refractivity contribution < 1.29 is 14.3 Å². The molecule has 2 aromatic rings. The third-order valence-electron chi connectivity index (χ3n) is 4.37. The number of hydrogen-bond acceptors (Lipinski definition) is 3. The first-order valence-electron chi connectivity index (χ1n) is 9.80. The van der Waals surface area contributed by atoms with Gasteiger partial charge in [0.2, 0.25) is 5.91 Å². The van der Waals surface area contributed by atoms with Gasteiger partial charge in [0, 0.05) is 13.1 Å². The van der Waals surface area contributed by atoms with Crippen LogP contribution in [0.5, 0.6) is 5.75 Å². The highest BCUT2D eigenvalue weighted by molar-refractivity contribution is 5.88. The fourth-order valence-electron chi connectivity index (χ4n) is 2.87. The van der Waals surface area contributed by atoms with Gasteiger partial charge >= 0.3 is 0 Å². The quantitative estimate of drug-likeness (QED) is 0.682. The van der Waals surface area contributed by atoms with Crippen LogP contribution in [0.1, 0.15) is 32.8 Å². The predicted octanol–water partition coefficient (Wildman–Crippen LogP) is 3.65. The van der Waals surface area contributed by atoms with Crippen molar-refractivity contribution in [1.82, 2.24) is 10.2 Å². The first-order chi connectivity index (χ1) is 13.5. The monoisotopic (exact) mass is 382 g/mol. The Morgan fingerprint density at radius 1 is 1.00 bits per heavy atom. The van der Waals surface area contributed by atoms with Crippen molar-refractivity contribution in [3.8, 4) is 5.75 Å². The number of hydrogen-bond donors (Lipinski definition) is 1. The highest BCUT2D eigenvalue weighted by Gasteiger charge is 2.28. The number of para-hydroxylation sites is 1. The first-order valence-corrected chi connectivity index (χ1v) is 9.80. The molecular formula is C23H30N2O3. The molecule has 0 heterocycles. The van der Waals surface area contributed by atoms with Crippen LogP contribution < -0.4 is 10.1 Å². The topological polar surface area (TPSA) is 58.6 Å². The average molecular weight is 383 g/mol. The molecule has 2 rings (SSSR count). The largest absolute Gasteiger partial charge is 0.484 e. The van der Waals surface area contributed by atoms with Crippen LogP contribution >= 0.6 is 0 Å². The zero-order valence-electron chi connectivity index (χ0n) is 16.9. The minimum absolute atomic E-state index is 0.106. The molecule has 5 heteroatoms. The summed E-state index contributed by atoms with van der Waals surface area (Å²) in [4.78, 5) is 27.3. The Morgan fingerprint density at radius 3 is 2.18 bits per heavy atom. The molecular weight excluding hydrogens is 352 g/mol. The van der Waals surface area contributed by atoms with Gasteiger partial charge in [-0.2, -0.15) is 0 Å². The van der Waals surface area contributed by atoms with Gasteiger partial charge < -0.3 is 15.0 Å². The van der Waals surface area contributed by atoms with Gasteiger partial charge in [-0.25, -0.2) is 0 Å². The number of benzene rings is 2. The Morgan fingerprint density at radius 2 is 1.61 bits per heavy atom. The zero-order valence-corrected chi connectivity index (χ0v) is 16.9. The van der Waals surface area contributed by atoms with Gasteiger partial charge in [0.25, 0.3) is 5.91 Å². The lowest BCUT2D eigenvalue weighted by molar-refractivity contribution is -0.143. The van der Waals surface area contributed by atoms with Crippen LogP contribution in [0.2, 0.25) is 0 Å². The molecule has 0 unspecified atom stereocenters. The maximum Gasteiger partial charge on any atom is 0.261 e. The number of carbonyl (C=O) groups is 2. The number of rotatable bonds is 10. The summed E-state index contributed by atoms with van der Waals surface area (Å²) < 4.78 is 5.64. The number of nitrogens with zero attached hydrogens (tertiary/aromatic N) is 1. The molecule has 0 aliphatic heterocycles. The van der Waals surface area contributed by atoms with Crippen LogP contribution in [-0.4, -0.2) is 35.9 Å². The van der Waals surface area contributed by atoms with E-state index < -0.39 is 6.04 Å². The Hall–Kier alpha value is -2.82. The normalized spacial score (nSPS) is 11.7. The lowest BCUT2D eigenvalue weighted by Crippen LogP contribution is -2.50. The molecule has 2 amide bonds. The molecule has 1 atom stereocenters. The van der Waals surface area contributed by atoms with Crippen molar-refractivity contribution in [2.24, 2.45) is 5.92 Å². The lowest BCUT2D eigenvalue weighted by Gasteiger charge is -2.30. The molecule has 150 valence electrons. The molecule has 5 nitrogen and oxygen atoms in total. The summed E-state index contributed by atoms with van der Waals surface area (Å²) in [5.41, 5.74) is 0.977. The highest BCUT2D eigenvalue weighted by Crippen LogP contribution is 2.14. The van der Waals surface area contributed by atoms with Crippen molar-refractivity contribution in [2.45, 2.75) is 39.8 Å². The van der Waals surface area contributed by atoms with Gasteiger partial charge in [-0.05, 0) is 30.0 Å². The van der Waals surface area contributed by atoms with E-state index in [0.29, 0.717) is 31.2 Å². The molecule has 28 heavy (non-hydrogen) atoms. The van der Waals surface area contributed by atoms with Gasteiger partial charge in [-0.3, -0.25) is 9.59 Å². The van der Waals surface area contributed by atoms with E-state index in [0.717, 1.165) is 5.56 Å². The molecule has 0 bridgehead atoms. The molecule has 0 aliphatic rings. The van der Waals surface area contributed by atoms with E-state index in [-0.39, 0.29) is 18.4 Å². The van der Waals surface area contributed by atoms with Gasteiger partial charge in [-0.1, -0.05) is 69.3 Å². The maximum atomic E-state index is 13.0. The van der Waals surface area contributed by atoms with Crippen molar-refractivity contribution in [2.75, 3.05) is 13.2 Å². The third kappa shape index (κ3) is 6.72. The average Bonchev–Trinajstić information content (AvgIpc) is 2.71. The summed E-state index contributed by atoms with van der Waals surface area (Å²) in [5, 5.41) is 2.95. The molecule has 0 fully saturated rings. The second-order valence-electron chi connectivity index (χ2n) is 7.17. The number of nitrogens with one attached hydrogen (secondary N) is 1. The van der Waals surface area contributed by atoms with Crippen LogP contribution in [0.15, 0.2) is 60.7 Å². The molecule has 2 aromatic carbocycles. The van der Waals surface area contributed by atoms with E-state index in [1.807, 2.05) is 81.4 Å². The van der Waals surface area contributed by atoms with Crippen LogP contribution in [0.25, 0.3) is 0 Å². The highest BCUT2D eigenvalue weighted by atomic mass is 16.5. The second kappa shape index (κ2) is 11.1. The van der Waals surface area contributed by atoms with E-state index in [4.69, 9.17) is 4.74 Å². The molecule has 1 N–H and O–H groups in total. The van der Waals surface area contributed by atoms with E-state index >= 15 is 0 Å². The van der Waals surface area contributed by atoms with Crippen molar-refractivity contribution >= 4 is 11.8 Å². The first kappa shape index (κ1) is 21.5. The van der Waals surface area contributed by atoms with Gasteiger partial charge in [0.15, 0.2) is 6.61 Å². The molecule has 0 aromatic heterocycles. The third-order valence-corrected chi connectivity index (χ3v) is 4.37. The van der Waals surface area contributed by atoms with E-state index in [1.165, 1.54) is 0 Å². The minimum atomic E-state index is -0.536. The van der Waals surface area contributed by atoms with E-state index in [2.05, 4.69) is 5.32 Å². The smallest absolute Gasteiger partial charge is 0.261 e. The SMILES string of the molecule is CC[C@H](C(=O)NCC(C)C)N(Cc1ccccc1)C(=O)COc1ccccc1. The summed E-state index contributed by atoms with van der Waals surface area (Å²) >= 11 is 0. The molecule has 0 radical (unpaired) electrons. The van der Waals surface area contributed by atoms with Gasteiger partial charge in [0.1, 0.15) is 11.8 Å². The number of carbonyl (C=O) groups excluding carboxylic acids is 2. The molecule has 0 saturated carbocycles. The minimum Gasteiger partial charge on any atom is -0.484 e.